The van der Waals surface area contributed by atoms with Crippen LogP contribution in [-0.2, 0) is 0 Å². The monoisotopic (exact) mass is 251 g/mol. The fourth-order valence-electron chi connectivity index (χ4n) is 2.41. The van der Waals surface area contributed by atoms with E-state index in [4.69, 9.17) is 0 Å². The molecule has 1 heterocycles. The van der Waals surface area contributed by atoms with Gasteiger partial charge in [-0.05, 0) is 44.4 Å². The number of nitrogens with zero attached hydrogens (tertiary/aromatic N) is 1. The third-order valence-corrected chi connectivity index (χ3v) is 3.52. The van der Waals surface area contributed by atoms with Crippen LogP contribution in [0.15, 0.2) is 18.2 Å². The molecule has 98 valence electrons. The van der Waals surface area contributed by atoms with Crippen LogP contribution in [0.4, 0.5) is 10.1 Å². The van der Waals surface area contributed by atoms with Gasteiger partial charge in [0.1, 0.15) is 5.82 Å². The van der Waals surface area contributed by atoms with Gasteiger partial charge in [0.2, 0.25) is 0 Å². The molecule has 0 radical (unpaired) electrons. The fraction of sp³-hybridized carbons (Fsp3) is 0.500. The Kier molecular flexibility index (Phi) is 3.66. The number of rotatable bonds is 2. The van der Waals surface area contributed by atoms with E-state index in [1.54, 1.807) is 6.07 Å². The Morgan fingerprint density at radius 3 is 2.89 bits per heavy atom. The molecule has 18 heavy (non-hydrogen) atoms. The van der Waals surface area contributed by atoms with Gasteiger partial charge in [0, 0.05) is 24.3 Å². The molecule has 1 fully saturated rings. The van der Waals surface area contributed by atoms with Crippen LogP contribution in [0.5, 0.6) is 0 Å². The summed E-state index contributed by atoms with van der Waals surface area (Å²) in [6.45, 7) is 3.30. The van der Waals surface area contributed by atoms with Crippen LogP contribution in [0.25, 0.3) is 0 Å². The lowest BCUT2D eigenvalue weighted by molar-refractivity contribution is 0.0481. The standard InChI is InChI=1S/C14H18FNO2/c1-14(18)5-2-7-16(8-6-14)13-4-3-12(15)9-11(13)10-17/h3-4,9-10,18H,2,5-8H2,1H3. The molecule has 3 nitrogen and oxygen atoms in total. The van der Waals surface area contributed by atoms with Gasteiger partial charge in [-0.3, -0.25) is 4.79 Å². The van der Waals surface area contributed by atoms with Crippen molar-refractivity contribution in [1.29, 1.82) is 0 Å². The highest BCUT2D eigenvalue weighted by atomic mass is 19.1. The molecule has 0 aromatic heterocycles. The smallest absolute Gasteiger partial charge is 0.152 e. The Morgan fingerprint density at radius 2 is 2.17 bits per heavy atom. The van der Waals surface area contributed by atoms with Crippen LogP contribution in [0.1, 0.15) is 36.5 Å². The molecule has 1 aliphatic rings. The zero-order valence-corrected chi connectivity index (χ0v) is 10.5. The van der Waals surface area contributed by atoms with Crippen molar-refractivity contribution < 1.29 is 14.3 Å². The molecule has 4 heteroatoms. The number of hydrogen-bond donors (Lipinski definition) is 1. The van der Waals surface area contributed by atoms with E-state index in [1.807, 2.05) is 11.8 Å². The normalized spacial score (nSPS) is 24.7. The van der Waals surface area contributed by atoms with E-state index in [0.29, 0.717) is 24.8 Å². The van der Waals surface area contributed by atoms with Gasteiger partial charge in [0.05, 0.1) is 5.60 Å². The first-order valence-electron chi connectivity index (χ1n) is 6.24. The van der Waals surface area contributed by atoms with E-state index < -0.39 is 11.4 Å². The summed E-state index contributed by atoms with van der Waals surface area (Å²) in [6.07, 6.45) is 2.95. The Balaban J connectivity index is 2.23. The number of anilines is 1. The maximum absolute atomic E-state index is 13.1. The third kappa shape index (κ3) is 2.88. The second-order valence-electron chi connectivity index (χ2n) is 5.16. The highest BCUT2D eigenvalue weighted by Gasteiger charge is 2.25. The number of carbonyl (C=O) groups is 1. The summed E-state index contributed by atoms with van der Waals surface area (Å²) >= 11 is 0. The van der Waals surface area contributed by atoms with Crippen molar-refractivity contribution in [3.63, 3.8) is 0 Å². The molecule has 0 aliphatic carbocycles. The summed E-state index contributed by atoms with van der Waals surface area (Å²) < 4.78 is 13.1. The highest BCUT2D eigenvalue weighted by Crippen LogP contribution is 2.27. The van der Waals surface area contributed by atoms with Crippen molar-refractivity contribution in [2.75, 3.05) is 18.0 Å². The Bertz CT molecular complexity index is 445. The van der Waals surface area contributed by atoms with E-state index in [-0.39, 0.29) is 0 Å². The average Bonchev–Trinajstić information content (AvgIpc) is 2.50. The topological polar surface area (TPSA) is 40.5 Å². The van der Waals surface area contributed by atoms with Crippen LogP contribution in [0, 0.1) is 5.82 Å². The van der Waals surface area contributed by atoms with Crippen LogP contribution in [0.3, 0.4) is 0 Å². The molecule has 1 aromatic rings. The number of aliphatic hydroxyl groups is 1. The Morgan fingerprint density at radius 1 is 1.39 bits per heavy atom. The van der Waals surface area contributed by atoms with Gasteiger partial charge in [-0.2, -0.15) is 0 Å². The maximum Gasteiger partial charge on any atom is 0.152 e. The highest BCUT2D eigenvalue weighted by molar-refractivity contribution is 5.84. The van der Waals surface area contributed by atoms with Gasteiger partial charge in [-0.25, -0.2) is 4.39 Å². The number of halogens is 1. The molecular formula is C14H18FNO2. The van der Waals surface area contributed by atoms with Crippen molar-refractivity contribution in [3.8, 4) is 0 Å². The first kappa shape index (κ1) is 13.0. The van der Waals surface area contributed by atoms with E-state index in [1.165, 1.54) is 12.1 Å². The van der Waals surface area contributed by atoms with Gasteiger partial charge >= 0.3 is 0 Å². The van der Waals surface area contributed by atoms with E-state index >= 15 is 0 Å². The average molecular weight is 251 g/mol. The van der Waals surface area contributed by atoms with Gasteiger partial charge in [-0.15, -0.1) is 0 Å². The molecule has 1 N–H and O–H groups in total. The fourth-order valence-corrected chi connectivity index (χ4v) is 2.41. The second-order valence-corrected chi connectivity index (χ2v) is 5.16. The quantitative estimate of drug-likeness (QED) is 0.820. The minimum Gasteiger partial charge on any atom is -0.390 e. The Hall–Kier alpha value is -1.42. The SMILES string of the molecule is CC1(O)CCCN(c2ccc(F)cc2C=O)CC1. The second kappa shape index (κ2) is 5.06. The Labute approximate surface area is 106 Å². The van der Waals surface area contributed by atoms with Crippen molar-refractivity contribution in [1.82, 2.24) is 0 Å². The summed E-state index contributed by atoms with van der Waals surface area (Å²) in [5.41, 5.74) is 0.483. The molecule has 1 saturated heterocycles. The predicted octanol–water partition coefficient (Wildman–Crippen LogP) is 2.38. The van der Waals surface area contributed by atoms with E-state index in [2.05, 4.69) is 0 Å². The van der Waals surface area contributed by atoms with Crippen LogP contribution in [-0.4, -0.2) is 30.1 Å². The summed E-state index contributed by atoms with van der Waals surface area (Å²) in [6, 6.07) is 4.26. The first-order chi connectivity index (χ1) is 8.52. The predicted molar refractivity (Wildman–Crippen MR) is 68.5 cm³/mol. The zero-order chi connectivity index (χ0) is 13.2. The van der Waals surface area contributed by atoms with E-state index in [0.717, 1.165) is 25.1 Å². The molecule has 2 rings (SSSR count). The van der Waals surface area contributed by atoms with Crippen LogP contribution in [0.2, 0.25) is 0 Å². The van der Waals surface area contributed by atoms with Crippen molar-refractivity contribution in [2.45, 2.75) is 31.8 Å². The van der Waals surface area contributed by atoms with Gasteiger partial charge in [0.25, 0.3) is 0 Å². The molecule has 0 spiro atoms. The molecule has 1 aromatic carbocycles. The number of hydrogen-bond acceptors (Lipinski definition) is 3. The lowest BCUT2D eigenvalue weighted by Gasteiger charge is -2.25. The molecule has 0 saturated carbocycles. The maximum atomic E-state index is 13.1. The first-order valence-corrected chi connectivity index (χ1v) is 6.24. The molecule has 1 unspecified atom stereocenters. The minimum atomic E-state index is -0.643. The van der Waals surface area contributed by atoms with Crippen LogP contribution >= 0.6 is 0 Å². The van der Waals surface area contributed by atoms with Crippen molar-refractivity contribution in [3.05, 3.63) is 29.6 Å². The number of aldehydes is 1. The van der Waals surface area contributed by atoms with Gasteiger partial charge < -0.3 is 10.0 Å². The van der Waals surface area contributed by atoms with Crippen LogP contribution < -0.4 is 4.90 Å². The third-order valence-electron chi connectivity index (χ3n) is 3.52. The molecule has 0 bridgehead atoms. The summed E-state index contributed by atoms with van der Waals surface area (Å²) in [5, 5.41) is 10.0. The molecule has 0 amide bonds. The lowest BCUT2D eigenvalue weighted by atomic mass is 9.98. The molecular weight excluding hydrogens is 233 g/mol. The largest absolute Gasteiger partial charge is 0.390 e. The van der Waals surface area contributed by atoms with Crippen molar-refractivity contribution in [2.24, 2.45) is 0 Å². The van der Waals surface area contributed by atoms with Gasteiger partial charge in [0.15, 0.2) is 6.29 Å². The summed E-state index contributed by atoms with van der Waals surface area (Å²) in [7, 11) is 0. The zero-order valence-electron chi connectivity index (χ0n) is 10.5. The number of carbonyl (C=O) groups excluding carboxylic acids is 1. The lowest BCUT2D eigenvalue weighted by Crippen LogP contribution is -2.28. The molecule has 1 aliphatic heterocycles. The van der Waals surface area contributed by atoms with Gasteiger partial charge in [-0.1, -0.05) is 0 Å². The van der Waals surface area contributed by atoms with Crippen molar-refractivity contribution >= 4 is 12.0 Å². The summed E-state index contributed by atoms with van der Waals surface area (Å²) in [5.74, 6) is -0.400. The summed E-state index contributed by atoms with van der Waals surface area (Å²) in [4.78, 5) is 13.0. The molecule has 1 atom stereocenters. The van der Waals surface area contributed by atoms with E-state index in [9.17, 15) is 14.3 Å². The minimum absolute atomic E-state index is 0.372. The number of benzene rings is 1.